The Kier molecular flexibility index (Phi) is 6.84. The zero-order chi connectivity index (χ0) is 25.2. The minimum atomic E-state index is -0.501. The predicted octanol–water partition coefficient (Wildman–Crippen LogP) is 3.98. The Balaban J connectivity index is 1.26. The van der Waals surface area contributed by atoms with Gasteiger partial charge in [-0.1, -0.05) is 36.4 Å². The van der Waals surface area contributed by atoms with Gasteiger partial charge in [0.1, 0.15) is 0 Å². The van der Waals surface area contributed by atoms with E-state index in [4.69, 9.17) is 0 Å². The van der Waals surface area contributed by atoms with Gasteiger partial charge in [-0.3, -0.25) is 24.6 Å². The number of rotatable bonds is 5. The number of hydrogen-bond donors (Lipinski definition) is 0. The van der Waals surface area contributed by atoms with Gasteiger partial charge in [0.15, 0.2) is 0 Å². The molecule has 0 radical (unpaired) electrons. The summed E-state index contributed by atoms with van der Waals surface area (Å²) in [5.41, 5.74) is 2.66. The number of thiophene rings is 1. The molecule has 2 aromatic carbocycles. The summed E-state index contributed by atoms with van der Waals surface area (Å²) in [7, 11) is 0. The van der Waals surface area contributed by atoms with Crippen molar-refractivity contribution in [1.29, 1.82) is 0 Å². The molecule has 0 bridgehead atoms. The molecule has 186 valence electrons. The van der Waals surface area contributed by atoms with Crippen LogP contribution in [0.5, 0.6) is 0 Å². The number of nitro benzene ring substituents is 1. The Morgan fingerprint density at radius 2 is 1.86 bits per heavy atom. The summed E-state index contributed by atoms with van der Waals surface area (Å²) in [6, 6.07) is 18.2. The van der Waals surface area contributed by atoms with Crippen LogP contribution in [0.1, 0.15) is 39.3 Å². The number of nitrogens with zero attached hydrogens (tertiary/aromatic N) is 4. The molecular formula is C27H28N4O4S. The molecular weight excluding hydrogens is 476 g/mol. The normalized spacial score (nSPS) is 20.1. The van der Waals surface area contributed by atoms with Crippen molar-refractivity contribution in [3.8, 4) is 0 Å². The number of nitro groups is 1. The average Bonchev–Trinajstić information content (AvgIpc) is 3.37. The first-order chi connectivity index (χ1) is 17.4. The van der Waals surface area contributed by atoms with Crippen molar-refractivity contribution in [3.05, 3.63) is 97.7 Å². The van der Waals surface area contributed by atoms with Gasteiger partial charge < -0.3 is 9.80 Å². The van der Waals surface area contributed by atoms with E-state index in [0.717, 1.165) is 13.0 Å². The lowest BCUT2D eigenvalue weighted by Gasteiger charge is -2.42. The summed E-state index contributed by atoms with van der Waals surface area (Å²) in [6.45, 7) is 4.33. The van der Waals surface area contributed by atoms with Crippen LogP contribution in [-0.2, 0) is 11.2 Å². The van der Waals surface area contributed by atoms with Gasteiger partial charge in [-0.15, -0.1) is 11.3 Å². The third-order valence-corrected chi connectivity index (χ3v) is 8.06. The highest BCUT2D eigenvalue weighted by atomic mass is 32.1. The number of non-ortho nitro benzene ring substituents is 1. The molecule has 2 atom stereocenters. The zero-order valence-electron chi connectivity index (χ0n) is 20.1. The van der Waals surface area contributed by atoms with Crippen molar-refractivity contribution in [2.75, 3.05) is 32.7 Å². The summed E-state index contributed by atoms with van der Waals surface area (Å²) in [4.78, 5) is 44.3. The molecule has 1 aromatic heterocycles. The quantitative estimate of drug-likeness (QED) is 0.388. The first kappa shape index (κ1) is 24.1. The van der Waals surface area contributed by atoms with Crippen LogP contribution in [0.2, 0.25) is 0 Å². The second kappa shape index (κ2) is 10.2. The van der Waals surface area contributed by atoms with E-state index in [0.29, 0.717) is 31.7 Å². The minimum Gasteiger partial charge on any atom is -0.338 e. The molecule has 2 aliphatic rings. The van der Waals surface area contributed by atoms with Crippen LogP contribution in [-0.4, -0.2) is 70.2 Å². The number of hydrogen-bond acceptors (Lipinski definition) is 6. The topological polar surface area (TPSA) is 87.0 Å². The number of fused-ring (bicyclic) bond motifs is 1. The van der Waals surface area contributed by atoms with Crippen LogP contribution < -0.4 is 0 Å². The maximum atomic E-state index is 13.4. The summed E-state index contributed by atoms with van der Waals surface area (Å²) in [5.74, 6) is -0.188. The molecule has 8 nitrogen and oxygen atoms in total. The Labute approximate surface area is 213 Å². The highest BCUT2D eigenvalue weighted by molar-refractivity contribution is 7.10. The number of benzene rings is 2. The molecule has 3 aromatic rings. The Morgan fingerprint density at radius 1 is 1.06 bits per heavy atom. The van der Waals surface area contributed by atoms with Gasteiger partial charge in [0.05, 0.1) is 17.5 Å². The van der Waals surface area contributed by atoms with Gasteiger partial charge in [-0.2, -0.15) is 0 Å². The van der Waals surface area contributed by atoms with E-state index in [-0.39, 0.29) is 29.6 Å². The fraction of sp³-hybridized carbons (Fsp3) is 0.333. The molecule has 3 heterocycles. The Hall–Kier alpha value is -3.56. The molecule has 0 N–H and O–H groups in total. The van der Waals surface area contributed by atoms with E-state index >= 15 is 0 Å². The molecule has 36 heavy (non-hydrogen) atoms. The molecule has 0 aliphatic carbocycles. The summed E-state index contributed by atoms with van der Waals surface area (Å²) >= 11 is 1.78. The van der Waals surface area contributed by atoms with Crippen molar-refractivity contribution >= 4 is 28.8 Å². The maximum absolute atomic E-state index is 13.4. The highest BCUT2D eigenvalue weighted by Crippen LogP contribution is 2.37. The van der Waals surface area contributed by atoms with E-state index in [2.05, 4.69) is 28.5 Å². The molecule has 0 saturated carbocycles. The number of carbonyl (C=O) groups excluding carboxylic acids is 2. The SMILES string of the molecule is CC1CN(C(=O)CN2CCc3sccc3C2c2ccccc2)CCN1C(=O)c1cccc([N+](=O)[O-])c1. The average molecular weight is 505 g/mol. The first-order valence-electron chi connectivity index (χ1n) is 12.1. The van der Waals surface area contributed by atoms with Crippen LogP contribution in [0.4, 0.5) is 5.69 Å². The molecule has 0 spiro atoms. The van der Waals surface area contributed by atoms with E-state index < -0.39 is 4.92 Å². The smallest absolute Gasteiger partial charge is 0.270 e. The molecule has 1 fully saturated rings. The molecule has 5 rings (SSSR count). The zero-order valence-corrected chi connectivity index (χ0v) is 20.9. The summed E-state index contributed by atoms with van der Waals surface area (Å²) in [5, 5.41) is 13.2. The number of piperazine rings is 1. The van der Waals surface area contributed by atoms with Crippen molar-refractivity contribution in [2.45, 2.75) is 25.4 Å². The fourth-order valence-electron chi connectivity index (χ4n) is 5.24. The Morgan fingerprint density at radius 3 is 2.61 bits per heavy atom. The largest absolute Gasteiger partial charge is 0.338 e. The molecule has 9 heteroatoms. The van der Waals surface area contributed by atoms with Crippen molar-refractivity contribution in [1.82, 2.24) is 14.7 Å². The molecule has 2 unspecified atom stereocenters. The van der Waals surface area contributed by atoms with Crippen molar-refractivity contribution in [3.63, 3.8) is 0 Å². The lowest BCUT2D eigenvalue weighted by molar-refractivity contribution is -0.384. The molecule has 1 saturated heterocycles. The van der Waals surface area contributed by atoms with E-state index in [9.17, 15) is 19.7 Å². The molecule has 2 amide bonds. The van der Waals surface area contributed by atoms with Gasteiger partial charge in [-0.05, 0) is 42.0 Å². The third kappa shape index (κ3) is 4.76. The summed E-state index contributed by atoms with van der Waals surface area (Å²) < 4.78 is 0. The number of carbonyl (C=O) groups is 2. The van der Waals surface area contributed by atoms with Gasteiger partial charge in [0.25, 0.3) is 11.6 Å². The second-order valence-electron chi connectivity index (χ2n) is 9.33. The van der Waals surface area contributed by atoms with Crippen LogP contribution in [0.25, 0.3) is 0 Å². The monoisotopic (exact) mass is 504 g/mol. The molecule has 2 aliphatic heterocycles. The lowest BCUT2D eigenvalue weighted by atomic mass is 9.93. The van der Waals surface area contributed by atoms with Crippen molar-refractivity contribution < 1.29 is 14.5 Å². The van der Waals surface area contributed by atoms with E-state index in [1.54, 1.807) is 22.3 Å². The van der Waals surface area contributed by atoms with E-state index in [1.807, 2.05) is 30.0 Å². The van der Waals surface area contributed by atoms with Gasteiger partial charge in [-0.25, -0.2) is 0 Å². The third-order valence-electron chi connectivity index (χ3n) is 7.06. The van der Waals surface area contributed by atoms with Gasteiger partial charge >= 0.3 is 0 Å². The number of amides is 2. The van der Waals surface area contributed by atoms with Gasteiger partial charge in [0, 0.05) is 54.8 Å². The highest BCUT2D eigenvalue weighted by Gasteiger charge is 2.34. The lowest BCUT2D eigenvalue weighted by Crippen LogP contribution is -2.57. The standard InChI is InChI=1S/C27H28N4O4S/c1-19-17-28(13-14-30(19)27(33)21-8-5-9-22(16-21)31(34)35)25(32)18-29-12-10-24-23(11-15-36-24)26(29)20-6-3-2-4-7-20/h2-9,11,15-16,19,26H,10,12-14,17-18H2,1H3. The van der Waals surface area contributed by atoms with Gasteiger partial charge in [0.2, 0.25) is 5.91 Å². The Bertz CT molecular complexity index is 1280. The summed E-state index contributed by atoms with van der Waals surface area (Å²) in [6.07, 6.45) is 0.936. The maximum Gasteiger partial charge on any atom is 0.270 e. The predicted molar refractivity (Wildman–Crippen MR) is 138 cm³/mol. The van der Waals surface area contributed by atoms with Crippen LogP contribution in [0.3, 0.4) is 0 Å². The van der Waals surface area contributed by atoms with Crippen LogP contribution in [0, 0.1) is 10.1 Å². The van der Waals surface area contributed by atoms with Crippen LogP contribution >= 0.6 is 11.3 Å². The minimum absolute atomic E-state index is 0.0549. The fourth-order valence-corrected chi connectivity index (χ4v) is 6.15. The second-order valence-corrected chi connectivity index (χ2v) is 10.3. The first-order valence-corrected chi connectivity index (χ1v) is 13.0. The van der Waals surface area contributed by atoms with Crippen molar-refractivity contribution in [2.24, 2.45) is 0 Å². The van der Waals surface area contributed by atoms with E-state index in [1.165, 1.54) is 34.2 Å². The van der Waals surface area contributed by atoms with Crippen LogP contribution in [0.15, 0.2) is 66.0 Å².